The van der Waals surface area contributed by atoms with E-state index in [0.717, 1.165) is 42.9 Å². The van der Waals surface area contributed by atoms with Gasteiger partial charge in [-0.05, 0) is 49.8 Å². The van der Waals surface area contributed by atoms with E-state index in [4.69, 9.17) is 0 Å². The molecule has 0 aliphatic carbocycles. The minimum Gasteiger partial charge on any atom is -0.339 e. The van der Waals surface area contributed by atoms with Gasteiger partial charge in [0.2, 0.25) is 0 Å². The van der Waals surface area contributed by atoms with Crippen LogP contribution in [0.25, 0.3) is 0 Å². The summed E-state index contributed by atoms with van der Waals surface area (Å²) >= 11 is 1.34. The minimum absolute atomic E-state index is 0.0699. The number of aryl methyl sites for hydroxylation is 1. The summed E-state index contributed by atoms with van der Waals surface area (Å²) in [6.45, 7) is 9.54. The van der Waals surface area contributed by atoms with Gasteiger partial charge in [0, 0.05) is 23.5 Å². The molecule has 1 saturated heterocycles. The molecule has 6 nitrogen and oxygen atoms in total. The fraction of sp³-hybridized carbons (Fsp3) is 0.500. The number of sulfonamides is 1. The Morgan fingerprint density at radius 3 is 2.46 bits per heavy atom. The van der Waals surface area contributed by atoms with E-state index >= 15 is 0 Å². The number of anilines is 1. The van der Waals surface area contributed by atoms with Gasteiger partial charge in [-0.2, -0.15) is 0 Å². The molecule has 1 fully saturated rings. The van der Waals surface area contributed by atoms with Gasteiger partial charge >= 0.3 is 0 Å². The van der Waals surface area contributed by atoms with Crippen molar-refractivity contribution in [1.82, 2.24) is 9.88 Å². The van der Waals surface area contributed by atoms with Crippen molar-refractivity contribution in [2.45, 2.75) is 57.3 Å². The zero-order valence-corrected chi connectivity index (χ0v) is 18.4. The molecule has 1 N–H and O–H groups in total. The molecule has 28 heavy (non-hydrogen) atoms. The van der Waals surface area contributed by atoms with Gasteiger partial charge < -0.3 is 4.90 Å². The van der Waals surface area contributed by atoms with E-state index in [9.17, 15) is 13.2 Å². The maximum Gasteiger partial charge on any atom is 0.263 e. The number of thiazole rings is 1. The van der Waals surface area contributed by atoms with Gasteiger partial charge in [-0.1, -0.05) is 26.8 Å². The second kappa shape index (κ2) is 7.83. The zero-order valence-electron chi connectivity index (χ0n) is 16.8. The summed E-state index contributed by atoms with van der Waals surface area (Å²) in [6, 6.07) is 6.23. The van der Waals surface area contributed by atoms with Gasteiger partial charge in [0.05, 0.1) is 10.6 Å². The molecule has 0 atom stereocenters. The number of benzene rings is 1. The monoisotopic (exact) mass is 421 g/mol. The highest BCUT2D eigenvalue weighted by Gasteiger charge is 2.25. The summed E-state index contributed by atoms with van der Waals surface area (Å²) in [6.07, 6.45) is 3.11. The molecule has 0 saturated carbocycles. The molecule has 0 unspecified atom stereocenters. The fourth-order valence-electron chi connectivity index (χ4n) is 3.39. The molecule has 2 heterocycles. The van der Waals surface area contributed by atoms with Gasteiger partial charge in [-0.15, -0.1) is 11.3 Å². The molecule has 1 aliphatic heterocycles. The molecule has 152 valence electrons. The SMILES string of the molecule is Cc1nc(NS(=O)(=O)c2cccc(C(=O)N3CCCCC3)c2)sc1C(C)(C)C. The number of nitrogens with one attached hydrogen (secondary N) is 1. The van der Waals surface area contributed by atoms with Crippen LogP contribution in [0, 0.1) is 6.92 Å². The Kier molecular flexibility index (Phi) is 5.82. The Morgan fingerprint density at radius 2 is 1.86 bits per heavy atom. The average Bonchev–Trinajstić information content (AvgIpc) is 3.02. The van der Waals surface area contributed by atoms with E-state index in [1.54, 1.807) is 17.0 Å². The van der Waals surface area contributed by atoms with Crippen LogP contribution in [0.2, 0.25) is 0 Å². The first-order valence-electron chi connectivity index (χ1n) is 9.48. The number of aromatic nitrogens is 1. The Labute approximate surface area is 171 Å². The van der Waals surface area contributed by atoms with E-state index in [1.165, 1.54) is 23.5 Å². The highest BCUT2D eigenvalue weighted by atomic mass is 32.2. The minimum atomic E-state index is -3.82. The van der Waals surface area contributed by atoms with E-state index in [-0.39, 0.29) is 16.2 Å². The molecule has 0 bridgehead atoms. The average molecular weight is 422 g/mol. The van der Waals surface area contributed by atoms with Gasteiger partial charge in [-0.3, -0.25) is 9.52 Å². The van der Waals surface area contributed by atoms with Crippen molar-refractivity contribution in [1.29, 1.82) is 0 Å². The fourth-order valence-corrected chi connectivity index (χ4v) is 5.69. The maximum absolute atomic E-state index is 12.9. The van der Waals surface area contributed by atoms with Crippen LogP contribution in [0.1, 0.15) is 61.0 Å². The molecule has 0 spiro atoms. The van der Waals surface area contributed by atoms with Gasteiger partial charge in [0.25, 0.3) is 15.9 Å². The van der Waals surface area contributed by atoms with Crippen LogP contribution >= 0.6 is 11.3 Å². The predicted molar refractivity (Wildman–Crippen MR) is 113 cm³/mol. The molecule has 1 aromatic carbocycles. The molecule has 1 aliphatic rings. The Balaban J connectivity index is 1.83. The van der Waals surface area contributed by atoms with Crippen LogP contribution in [0.3, 0.4) is 0 Å². The summed E-state index contributed by atoms with van der Waals surface area (Å²) < 4.78 is 28.3. The normalized spacial score (nSPS) is 15.5. The molecule has 3 rings (SSSR count). The van der Waals surface area contributed by atoms with Crippen molar-refractivity contribution in [2.24, 2.45) is 0 Å². The molecule has 1 amide bonds. The van der Waals surface area contributed by atoms with Crippen LogP contribution in [0.5, 0.6) is 0 Å². The topological polar surface area (TPSA) is 79.4 Å². The van der Waals surface area contributed by atoms with Crippen LogP contribution in [0.4, 0.5) is 5.13 Å². The Morgan fingerprint density at radius 1 is 1.18 bits per heavy atom. The Bertz CT molecular complexity index is 969. The van der Waals surface area contributed by atoms with Crippen molar-refractivity contribution in [3.05, 3.63) is 40.4 Å². The van der Waals surface area contributed by atoms with E-state index in [0.29, 0.717) is 10.7 Å². The van der Waals surface area contributed by atoms with Gasteiger partial charge in [-0.25, -0.2) is 13.4 Å². The van der Waals surface area contributed by atoms with Crippen molar-refractivity contribution in [2.75, 3.05) is 17.8 Å². The van der Waals surface area contributed by atoms with Gasteiger partial charge in [0.15, 0.2) is 5.13 Å². The predicted octanol–water partition coefficient (Wildman–Crippen LogP) is 4.18. The lowest BCUT2D eigenvalue weighted by molar-refractivity contribution is 0.0724. The van der Waals surface area contributed by atoms with Crippen LogP contribution in [0.15, 0.2) is 29.2 Å². The number of carbonyl (C=O) groups excluding carboxylic acids is 1. The highest BCUT2D eigenvalue weighted by Crippen LogP contribution is 2.34. The number of rotatable bonds is 4. The number of hydrogen-bond donors (Lipinski definition) is 1. The third kappa shape index (κ3) is 4.55. The van der Waals surface area contributed by atoms with Crippen LogP contribution < -0.4 is 4.72 Å². The van der Waals surface area contributed by atoms with Crippen molar-refractivity contribution in [3.63, 3.8) is 0 Å². The smallest absolute Gasteiger partial charge is 0.263 e. The summed E-state index contributed by atoms with van der Waals surface area (Å²) in [5.74, 6) is -0.114. The number of piperidine rings is 1. The summed E-state index contributed by atoms with van der Waals surface area (Å²) in [4.78, 5) is 20.0. The number of amides is 1. The number of hydrogen-bond acceptors (Lipinski definition) is 5. The number of nitrogens with zero attached hydrogens (tertiary/aromatic N) is 2. The number of likely N-dealkylation sites (tertiary alicyclic amines) is 1. The third-order valence-electron chi connectivity index (χ3n) is 4.73. The zero-order chi connectivity index (χ0) is 20.5. The Hall–Kier alpha value is -1.93. The second-order valence-corrected chi connectivity index (χ2v) is 10.9. The van der Waals surface area contributed by atoms with Crippen molar-refractivity contribution < 1.29 is 13.2 Å². The lowest BCUT2D eigenvalue weighted by Crippen LogP contribution is -2.35. The lowest BCUT2D eigenvalue weighted by Gasteiger charge is -2.26. The van der Waals surface area contributed by atoms with Gasteiger partial charge in [0.1, 0.15) is 0 Å². The standard InChI is InChI=1S/C20H27N3O3S2/c1-14-17(20(2,3)4)27-19(21-14)22-28(25,26)16-10-8-9-15(13-16)18(24)23-11-6-5-7-12-23/h8-10,13H,5-7,11-12H2,1-4H3,(H,21,22). The quantitative estimate of drug-likeness (QED) is 0.803. The number of carbonyl (C=O) groups is 1. The van der Waals surface area contributed by atoms with Crippen LogP contribution in [-0.2, 0) is 15.4 Å². The summed E-state index contributed by atoms with van der Waals surface area (Å²) in [5, 5.41) is 0.343. The first-order chi connectivity index (χ1) is 13.1. The molecular weight excluding hydrogens is 394 g/mol. The van der Waals surface area contributed by atoms with Crippen molar-refractivity contribution in [3.8, 4) is 0 Å². The lowest BCUT2D eigenvalue weighted by atomic mass is 9.94. The van der Waals surface area contributed by atoms with E-state index in [1.807, 2.05) is 6.92 Å². The molecular formula is C20H27N3O3S2. The largest absolute Gasteiger partial charge is 0.339 e. The van der Waals surface area contributed by atoms with E-state index < -0.39 is 10.0 Å². The maximum atomic E-state index is 12.9. The summed E-state index contributed by atoms with van der Waals surface area (Å²) in [5.41, 5.74) is 1.12. The third-order valence-corrected chi connectivity index (χ3v) is 7.70. The molecule has 2 aromatic rings. The highest BCUT2D eigenvalue weighted by molar-refractivity contribution is 7.93. The first-order valence-corrected chi connectivity index (χ1v) is 11.8. The second-order valence-electron chi connectivity index (χ2n) is 8.17. The molecule has 1 aromatic heterocycles. The molecule has 0 radical (unpaired) electrons. The van der Waals surface area contributed by atoms with Crippen molar-refractivity contribution >= 4 is 32.4 Å². The first kappa shape index (κ1) is 20.8. The summed E-state index contributed by atoms with van der Waals surface area (Å²) in [7, 11) is -3.82. The molecule has 8 heteroatoms. The van der Waals surface area contributed by atoms with Crippen LogP contribution in [-0.4, -0.2) is 37.3 Å². The van der Waals surface area contributed by atoms with E-state index in [2.05, 4.69) is 30.5 Å².